The Morgan fingerprint density at radius 1 is 0.333 bits per heavy atom. The zero-order chi connectivity index (χ0) is 34.1. The van der Waals surface area contributed by atoms with E-state index < -0.39 is 0 Å². The molecule has 0 amide bonds. The molecule has 0 fully saturated rings. The standard InChI is InChI=1S/C47H32N4/c1-31-28-41(40-26-24-36-25-27-42(34-12-5-2-6-13-34)49-45(36)46(40)48-31)33-22-20-32(21-23-33)38-18-11-19-39(29-38)44-30-43(35-14-7-3-8-15-35)50-47(51-44)37-16-9-4-10-17-37/h2-30H,1H3. The van der Waals surface area contributed by atoms with E-state index in [0.29, 0.717) is 5.82 Å². The van der Waals surface area contributed by atoms with Crippen LogP contribution in [0.3, 0.4) is 0 Å². The van der Waals surface area contributed by atoms with Crippen LogP contribution in [0.4, 0.5) is 0 Å². The lowest BCUT2D eigenvalue weighted by atomic mass is 9.95. The summed E-state index contributed by atoms with van der Waals surface area (Å²) in [7, 11) is 0. The molecule has 0 saturated heterocycles. The molecular formula is C47H32N4. The van der Waals surface area contributed by atoms with Crippen LogP contribution in [-0.4, -0.2) is 19.9 Å². The molecule has 0 aliphatic heterocycles. The lowest BCUT2D eigenvalue weighted by Crippen LogP contribution is -1.96. The van der Waals surface area contributed by atoms with Gasteiger partial charge >= 0.3 is 0 Å². The smallest absolute Gasteiger partial charge is 0.160 e. The second-order valence-electron chi connectivity index (χ2n) is 12.8. The van der Waals surface area contributed by atoms with Crippen molar-refractivity contribution in [2.75, 3.05) is 0 Å². The molecule has 9 aromatic rings. The van der Waals surface area contributed by atoms with Crippen LogP contribution in [0.2, 0.25) is 0 Å². The van der Waals surface area contributed by atoms with E-state index in [4.69, 9.17) is 19.9 Å². The van der Waals surface area contributed by atoms with Crippen LogP contribution in [0.5, 0.6) is 0 Å². The molecule has 4 heteroatoms. The summed E-state index contributed by atoms with van der Waals surface area (Å²) in [5.74, 6) is 0.709. The Kier molecular flexibility index (Phi) is 7.67. The average molecular weight is 653 g/mol. The third-order valence-corrected chi connectivity index (χ3v) is 9.35. The predicted octanol–water partition coefficient (Wildman–Crippen LogP) is 11.9. The van der Waals surface area contributed by atoms with Crippen molar-refractivity contribution in [3.63, 3.8) is 0 Å². The third-order valence-electron chi connectivity index (χ3n) is 9.35. The minimum absolute atomic E-state index is 0.709. The monoisotopic (exact) mass is 652 g/mol. The zero-order valence-electron chi connectivity index (χ0n) is 28.0. The number of pyridine rings is 2. The van der Waals surface area contributed by atoms with Crippen molar-refractivity contribution in [3.05, 3.63) is 182 Å². The quantitative estimate of drug-likeness (QED) is 0.168. The fraction of sp³-hybridized carbons (Fsp3) is 0.0213. The Labute approximate surface area is 296 Å². The number of hydrogen-bond donors (Lipinski definition) is 0. The molecule has 0 spiro atoms. The van der Waals surface area contributed by atoms with Gasteiger partial charge in [0.05, 0.1) is 28.1 Å². The normalized spacial score (nSPS) is 11.2. The highest BCUT2D eigenvalue weighted by Crippen LogP contribution is 2.35. The molecule has 240 valence electrons. The van der Waals surface area contributed by atoms with Gasteiger partial charge in [-0.05, 0) is 53.4 Å². The van der Waals surface area contributed by atoms with E-state index in [9.17, 15) is 0 Å². The van der Waals surface area contributed by atoms with Gasteiger partial charge in [-0.15, -0.1) is 0 Å². The Morgan fingerprint density at radius 2 is 0.902 bits per heavy atom. The number of fused-ring (bicyclic) bond motifs is 3. The molecule has 0 saturated carbocycles. The van der Waals surface area contributed by atoms with Crippen LogP contribution in [0.15, 0.2) is 176 Å². The van der Waals surface area contributed by atoms with E-state index in [1.807, 2.05) is 54.6 Å². The van der Waals surface area contributed by atoms with Crippen molar-refractivity contribution < 1.29 is 0 Å². The minimum atomic E-state index is 0.709. The van der Waals surface area contributed by atoms with Crippen LogP contribution in [0.1, 0.15) is 5.69 Å². The average Bonchev–Trinajstić information content (AvgIpc) is 3.21. The van der Waals surface area contributed by atoms with E-state index >= 15 is 0 Å². The summed E-state index contributed by atoms with van der Waals surface area (Å²) in [6, 6.07) is 61.0. The van der Waals surface area contributed by atoms with Gasteiger partial charge in [0.2, 0.25) is 0 Å². The molecule has 4 nitrogen and oxygen atoms in total. The van der Waals surface area contributed by atoms with Crippen LogP contribution < -0.4 is 0 Å². The van der Waals surface area contributed by atoms with Crippen LogP contribution in [-0.2, 0) is 0 Å². The van der Waals surface area contributed by atoms with E-state index in [0.717, 1.165) is 89.1 Å². The van der Waals surface area contributed by atoms with E-state index in [1.54, 1.807) is 0 Å². The topological polar surface area (TPSA) is 51.6 Å². The minimum Gasteiger partial charge on any atom is -0.251 e. The van der Waals surface area contributed by atoms with Gasteiger partial charge in [0.25, 0.3) is 0 Å². The van der Waals surface area contributed by atoms with Crippen LogP contribution in [0, 0.1) is 6.92 Å². The van der Waals surface area contributed by atoms with Crippen LogP contribution in [0.25, 0.3) is 89.2 Å². The highest BCUT2D eigenvalue weighted by Gasteiger charge is 2.14. The summed E-state index contributed by atoms with van der Waals surface area (Å²) in [5, 5.41) is 2.17. The number of aryl methyl sites for hydroxylation is 1. The molecule has 9 rings (SSSR count). The Morgan fingerprint density at radius 3 is 1.61 bits per heavy atom. The number of aromatic nitrogens is 4. The van der Waals surface area contributed by atoms with Crippen molar-refractivity contribution in [3.8, 4) is 67.4 Å². The summed E-state index contributed by atoms with van der Waals surface area (Å²) in [5.41, 5.74) is 14.3. The SMILES string of the molecule is Cc1cc(-c2ccc(-c3cccc(-c4cc(-c5ccccc5)nc(-c5ccccc5)n4)c3)cc2)c2ccc3ccc(-c4ccccc4)nc3c2n1. The molecule has 51 heavy (non-hydrogen) atoms. The first kappa shape index (κ1) is 30.3. The van der Waals surface area contributed by atoms with Gasteiger partial charge < -0.3 is 0 Å². The fourth-order valence-corrected chi connectivity index (χ4v) is 6.78. The summed E-state index contributed by atoms with van der Waals surface area (Å²) in [4.78, 5) is 20.1. The Hall–Kier alpha value is -6.78. The second kappa shape index (κ2) is 12.9. The molecular weight excluding hydrogens is 621 g/mol. The van der Waals surface area contributed by atoms with Crippen molar-refractivity contribution >= 4 is 21.8 Å². The Balaban J connectivity index is 1.09. The molecule has 0 radical (unpaired) electrons. The van der Waals surface area contributed by atoms with E-state index in [-0.39, 0.29) is 0 Å². The first-order chi connectivity index (χ1) is 25.2. The van der Waals surface area contributed by atoms with Gasteiger partial charge in [-0.25, -0.2) is 15.0 Å². The zero-order valence-corrected chi connectivity index (χ0v) is 28.0. The second-order valence-corrected chi connectivity index (χ2v) is 12.8. The van der Waals surface area contributed by atoms with Crippen molar-refractivity contribution in [2.45, 2.75) is 6.92 Å². The first-order valence-electron chi connectivity index (χ1n) is 17.1. The molecule has 0 bridgehead atoms. The maximum Gasteiger partial charge on any atom is 0.160 e. The molecule has 6 aromatic carbocycles. The van der Waals surface area contributed by atoms with Gasteiger partial charge in [-0.2, -0.15) is 0 Å². The van der Waals surface area contributed by atoms with Crippen molar-refractivity contribution in [1.82, 2.24) is 19.9 Å². The maximum absolute atomic E-state index is 5.11. The van der Waals surface area contributed by atoms with E-state index in [1.165, 1.54) is 0 Å². The third kappa shape index (κ3) is 5.94. The molecule has 0 N–H and O–H groups in total. The molecule has 0 aliphatic rings. The highest BCUT2D eigenvalue weighted by atomic mass is 14.9. The highest BCUT2D eigenvalue weighted by molar-refractivity contribution is 6.08. The lowest BCUT2D eigenvalue weighted by Gasteiger charge is -2.12. The lowest BCUT2D eigenvalue weighted by molar-refractivity contribution is 1.18. The van der Waals surface area contributed by atoms with Crippen molar-refractivity contribution in [1.29, 1.82) is 0 Å². The number of benzene rings is 6. The predicted molar refractivity (Wildman–Crippen MR) is 210 cm³/mol. The summed E-state index contributed by atoms with van der Waals surface area (Å²) in [6.07, 6.45) is 0. The van der Waals surface area contributed by atoms with Gasteiger partial charge in [0.1, 0.15) is 0 Å². The summed E-state index contributed by atoms with van der Waals surface area (Å²) in [6.45, 7) is 2.06. The van der Waals surface area contributed by atoms with Gasteiger partial charge in [0.15, 0.2) is 5.82 Å². The number of rotatable bonds is 6. The van der Waals surface area contributed by atoms with Gasteiger partial charge in [-0.3, -0.25) is 4.98 Å². The number of nitrogens with zero attached hydrogens (tertiary/aromatic N) is 4. The van der Waals surface area contributed by atoms with Crippen molar-refractivity contribution in [2.24, 2.45) is 0 Å². The van der Waals surface area contributed by atoms with Gasteiger partial charge in [0, 0.05) is 38.7 Å². The first-order valence-corrected chi connectivity index (χ1v) is 17.1. The number of hydrogen-bond acceptors (Lipinski definition) is 4. The molecule has 0 aliphatic carbocycles. The summed E-state index contributed by atoms with van der Waals surface area (Å²) >= 11 is 0. The van der Waals surface area contributed by atoms with Gasteiger partial charge in [-0.1, -0.05) is 152 Å². The molecule has 0 unspecified atom stereocenters. The fourth-order valence-electron chi connectivity index (χ4n) is 6.78. The molecule has 0 atom stereocenters. The van der Waals surface area contributed by atoms with E-state index in [2.05, 4.69) is 128 Å². The largest absolute Gasteiger partial charge is 0.251 e. The summed E-state index contributed by atoms with van der Waals surface area (Å²) < 4.78 is 0. The van der Waals surface area contributed by atoms with Crippen LogP contribution >= 0.6 is 0 Å². The maximum atomic E-state index is 5.11. The molecule has 3 heterocycles. The molecule has 3 aromatic heterocycles. The Bertz CT molecular complexity index is 2610.